The molecule has 0 fully saturated rings. The fourth-order valence-electron chi connectivity index (χ4n) is 0.948. The van der Waals surface area contributed by atoms with E-state index in [1.54, 1.807) is 24.5 Å². The van der Waals surface area contributed by atoms with Crippen LogP contribution in [0, 0.1) is 10.1 Å². The topological polar surface area (TPSA) is 55.2 Å². The van der Waals surface area contributed by atoms with Gasteiger partial charge < -0.3 is 5.32 Å². The van der Waals surface area contributed by atoms with Gasteiger partial charge in [0, 0.05) is 5.69 Å². The molecule has 0 unspecified atom stereocenters. The van der Waals surface area contributed by atoms with Crippen LogP contribution in [-0.2, 0) is 0 Å². The molecule has 1 aromatic rings. The molecule has 0 aliphatic heterocycles. The van der Waals surface area contributed by atoms with Crippen LogP contribution < -0.4 is 5.32 Å². The molecule has 1 rings (SSSR count). The number of halogens is 2. The zero-order valence-corrected chi connectivity index (χ0v) is 10.6. The number of nitrogens with one attached hydrogen (secondary N) is 1. The van der Waals surface area contributed by atoms with Crippen molar-refractivity contribution >= 4 is 40.7 Å². The molecule has 0 radical (unpaired) electrons. The normalized spacial score (nSPS) is 11.3. The van der Waals surface area contributed by atoms with Crippen LogP contribution in [0.25, 0.3) is 0 Å². The standard InChI is InChI=1S/C9H8Cl2N2O2S/c1-16-9(5-13(14)15)12-6-2-3-7(10)8(11)4-6/h2-5,12H,1H3/b9-5+. The van der Waals surface area contributed by atoms with Gasteiger partial charge in [0.2, 0.25) is 0 Å². The Hall–Kier alpha value is -0.910. The highest BCUT2D eigenvalue weighted by Gasteiger charge is 2.04. The summed E-state index contributed by atoms with van der Waals surface area (Å²) in [5.74, 6) is 0. The monoisotopic (exact) mass is 278 g/mol. The molecule has 0 saturated heterocycles. The van der Waals surface area contributed by atoms with Crippen LogP contribution in [-0.4, -0.2) is 11.2 Å². The van der Waals surface area contributed by atoms with Gasteiger partial charge in [0.1, 0.15) is 5.03 Å². The van der Waals surface area contributed by atoms with Crippen molar-refractivity contribution in [1.29, 1.82) is 0 Å². The average Bonchev–Trinajstić information content (AvgIpc) is 2.22. The third-order valence-corrected chi connectivity index (χ3v) is 3.02. The Morgan fingerprint density at radius 1 is 1.50 bits per heavy atom. The molecule has 0 aliphatic carbocycles. The van der Waals surface area contributed by atoms with E-state index >= 15 is 0 Å². The van der Waals surface area contributed by atoms with E-state index in [4.69, 9.17) is 23.2 Å². The maximum atomic E-state index is 10.3. The van der Waals surface area contributed by atoms with Gasteiger partial charge in [-0.05, 0) is 24.5 Å². The smallest absolute Gasteiger partial charge is 0.264 e. The zero-order chi connectivity index (χ0) is 12.1. The summed E-state index contributed by atoms with van der Waals surface area (Å²) < 4.78 is 0. The Kier molecular flexibility index (Phi) is 4.92. The second kappa shape index (κ2) is 5.98. The molecule has 4 nitrogen and oxygen atoms in total. The summed E-state index contributed by atoms with van der Waals surface area (Å²) in [6, 6.07) is 4.92. The van der Waals surface area contributed by atoms with Gasteiger partial charge in [0.25, 0.3) is 6.20 Å². The van der Waals surface area contributed by atoms with Crippen molar-refractivity contribution < 1.29 is 4.92 Å². The second-order valence-electron chi connectivity index (χ2n) is 2.74. The molecule has 1 N–H and O–H groups in total. The molecule has 0 amide bonds. The predicted octanol–water partition coefficient (Wildman–Crippen LogP) is 3.84. The fourth-order valence-corrected chi connectivity index (χ4v) is 1.66. The first kappa shape index (κ1) is 13.2. The van der Waals surface area contributed by atoms with Crippen LogP contribution in [0.3, 0.4) is 0 Å². The maximum absolute atomic E-state index is 10.3. The maximum Gasteiger partial charge on any atom is 0.264 e. The summed E-state index contributed by atoms with van der Waals surface area (Å²) in [7, 11) is 0. The quantitative estimate of drug-likeness (QED) is 0.672. The third-order valence-electron chi connectivity index (χ3n) is 1.63. The van der Waals surface area contributed by atoms with Gasteiger partial charge in [-0.2, -0.15) is 0 Å². The molecule has 0 aliphatic rings. The molecule has 16 heavy (non-hydrogen) atoms. The van der Waals surface area contributed by atoms with E-state index in [9.17, 15) is 10.1 Å². The minimum Gasteiger partial charge on any atom is -0.345 e. The number of nitrogens with zero attached hydrogens (tertiary/aromatic N) is 1. The van der Waals surface area contributed by atoms with Gasteiger partial charge in [0.15, 0.2) is 0 Å². The lowest BCUT2D eigenvalue weighted by atomic mass is 10.3. The van der Waals surface area contributed by atoms with Crippen molar-refractivity contribution in [3.8, 4) is 0 Å². The minimum atomic E-state index is -0.518. The predicted molar refractivity (Wildman–Crippen MR) is 68.7 cm³/mol. The Balaban J connectivity index is 2.86. The Bertz CT molecular complexity index is 438. The third kappa shape index (κ3) is 3.92. The van der Waals surface area contributed by atoms with Gasteiger partial charge in [-0.1, -0.05) is 23.2 Å². The number of anilines is 1. The van der Waals surface area contributed by atoms with E-state index in [1.807, 2.05) is 0 Å². The van der Waals surface area contributed by atoms with Crippen molar-refractivity contribution in [2.75, 3.05) is 11.6 Å². The first-order valence-electron chi connectivity index (χ1n) is 4.14. The van der Waals surface area contributed by atoms with Crippen LogP contribution in [0.4, 0.5) is 5.69 Å². The van der Waals surface area contributed by atoms with E-state index in [1.165, 1.54) is 11.8 Å². The molecule has 0 aromatic heterocycles. The lowest BCUT2D eigenvalue weighted by Gasteiger charge is -2.06. The Morgan fingerprint density at radius 3 is 2.69 bits per heavy atom. The molecule has 0 atom stereocenters. The number of nitro groups is 1. The molecular weight excluding hydrogens is 271 g/mol. The van der Waals surface area contributed by atoms with Crippen LogP contribution in [0.15, 0.2) is 29.4 Å². The number of hydrogen-bond donors (Lipinski definition) is 1. The van der Waals surface area contributed by atoms with Gasteiger partial charge in [-0.25, -0.2) is 0 Å². The Labute approximate surface area is 107 Å². The first-order valence-corrected chi connectivity index (χ1v) is 6.12. The first-order chi connectivity index (χ1) is 7.52. The summed E-state index contributed by atoms with van der Waals surface area (Å²) in [6.45, 7) is 0. The van der Waals surface area contributed by atoms with E-state index in [-0.39, 0.29) is 0 Å². The van der Waals surface area contributed by atoms with E-state index in [0.29, 0.717) is 20.8 Å². The molecule has 1 aromatic carbocycles. The lowest BCUT2D eigenvalue weighted by molar-refractivity contribution is -0.402. The Morgan fingerprint density at radius 2 is 2.19 bits per heavy atom. The van der Waals surface area contributed by atoms with Crippen LogP contribution >= 0.6 is 35.0 Å². The molecular formula is C9H8Cl2N2O2S. The summed E-state index contributed by atoms with van der Waals surface area (Å²) in [5, 5.41) is 14.4. The number of hydrogen-bond acceptors (Lipinski definition) is 4. The summed E-state index contributed by atoms with van der Waals surface area (Å²) in [6.07, 6.45) is 2.63. The van der Waals surface area contributed by atoms with Crippen LogP contribution in [0.1, 0.15) is 0 Å². The van der Waals surface area contributed by atoms with Crippen LogP contribution in [0.5, 0.6) is 0 Å². The largest absolute Gasteiger partial charge is 0.345 e. The molecule has 0 spiro atoms. The lowest BCUT2D eigenvalue weighted by Crippen LogP contribution is -1.98. The van der Waals surface area contributed by atoms with E-state index < -0.39 is 4.92 Å². The summed E-state index contributed by atoms with van der Waals surface area (Å²) in [5.41, 5.74) is 0.650. The SMILES string of the molecule is CS/C(=C/[N+](=O)[O-])Nc1ccc(Cl)c(Cl)c1. The fraction of sp³-hybridized carbons (Fsp3) is 0.111. The summed E-state index contributed by atoms with van der Waals surface area (Å²) >= 11 is 12.8. The number of thioether (sulfide) groups is 1. The van der Waals surface area contributed by atoms with Gasteiger partial charge in [-0.3, -0.25) is 10.1 Å². The number of benzene rings is 1. The highest BCUT2D eigenvalue weighted by Crippen LogP contribution is 2.26. The number of rotatable bonds is 4. The van der Waals surface area contributed by atoms with Crippen LogP contribution in [0.2, 0.25) is 10.0 Å². The highest BCUT2D eigenvalue weighted by molar-refractivity contribution is 8.02. The van der Waals surface area contributed by atoms with Crippen molar-refractivity contribution in [2.45, 2.75) is 0 Å². The van der Waals surface area contributed by atoms with E-state index in [2.05, 4.69) is 5.32 Å². The van der Waals surface area contributed by atoms with Gasteiger partial charge in [-0.15, -0.1) is 11.8 Å². The summed E-state index contributed by atoms with van der Waals surface area (Å²) in [4.78, 5) is 9.79. The minimum absolute atomic E-state index is 0.397. The van der Waals surface area contributed by atoms with Gasteiger partial charge in [0.05, 0.1) is 15.0 Å². The highest BCUT2D eigenvalue weighted by atomic mass is 35.5. The molecule has 7 heteroatoms. The second-order valence-corrected chi connectivity index (χ2v) is 4.40. The van der Waals surface area contributed by atoms with Crippen molar-refractivity contribution in [2.24, 2.45) is 0 Å². The molecule has 86 valence electrons. The van der Waals surface area contributed by atoms with Crippen molar-refractivity contribution in [3.05, 3.63) is 49.6 Å². The van der Waals surface area contributed by atoms with Crippen molar-refractivity contribution in [3.63, 3.8) is 0 Å². The van der Waals surface area contributed by atoms with Crippen molar-refractivity contribution in [1.82, 2.24) is 0 Å². The molecule has 0 heterocycles. The zero-order valence-electron chi connectivity index (χ0n) is 8.24. The molecule has 0 saturated carbocycles. The van der Waals surface area contributed by atoms with Gasteiger partial charge >= 0.3 is 0 Å². The van der Waals surface area contributed by atoms with E-state index in [0.717, 1.165) is 6.20 Å². The molecule has 0 bridgehead atoms. The average molecular weight is 279 g/mol.